The minimum absolute atomic E-state index is 0.0682. The van der Waals surface area contributed by atoms with E-state index in [4.69, 9.17) is 15.2 Å². The largest absolute Gasteiger partial charge is 0.465 e. The third-order valence-electron chi connectivity index (χ3n) is 3.89. The van der Waals surface area contributed by atoms with Crippen molar-refractivity contribution in [1.82, 2.24) is 4.98 Å². The van der Waals surface area contributed by atoms with Crippen LogP contribution in [0.1, 0.15) is 50.7 Å². The van der Waals surface area contributed by atoms with Crippen LogP contribution < -0.4 is 5.73 Å². The number of benzene rings is 1. The summed E-state index contributed by atoms with van der Waals surface area (Å²) in [5, 5.41) is 11.2. The number of nitrogens with zero attached hydrogens (tertiary/aromatic N) is 2. The number of esters is 2. The molecule has 0 fully saturated rings. The molecule has 152 valence electrons. The lowest BCUT2D eigenvalue weighted by Gasteiger charge is -2.18. The number of pyridine rings is 1. The minimum Gasteiger partial charge on any atom is -0.465 e. The molecule has 29 heavy (non-hydrogen) atoms. The number of nitrogens with two attached hydrogens (primary N) is 1. The van der Waals surface area contributed by atoms with Crippen molar-refractivity contribution >= 4 is 23.5 Å². The van der Waals surface area contributed by atoms with Crippen LogP contribution in [0.2, 0.25) is 0 Å². The molecule has 0 spiro atoms. The van der Waals surface area contributed by atoms with Crippen molar-refractivity contribution in [1.29, 1.82) is 0 Å². The molecule has 0 aliphatic rings. The topological polar surface area (TPSA) is 152 Å². The van der Waals surface area contributed by atoms with Crippen LogP contribution in [-0.4, -0.2) is 41.0 Å². The first kappa shape index (κ1) is 21.5. The van der Waals surface area contributed by atoms with E-state index in [0.29, 0.717) is 0 Å². The van der Waals surface area contributed by atoms with Gasteiger partial charge in [0.25, 0.3) is 11.6 Å². The average Bonchev–Trinajstić information content (AvgIpc) is 2.65. The van der Waals surface area contributed by atoms with Crippen molar-refractivity contribution in [3.63, 3.8) is 0 Å². The van der Waals surface area contributed by atoms with Gasteiger partial charge in [0, 0.05) is 17.7 Å². The SMILES string of the molecule is COC(=O)c1c(C(N)=O)nc(C)c(C(=O)OC(C)C)c1-c1cccc([N+](=O)[O-])c1. The quantitative estimate of drug-likeness (QED) is 0.440. The number of aromatic nitrogens is 1. The van der Waals surface area contributed by atoms with Gasteiger partial charge in [-0.3, -0.25) is 14.9 Å². The Labute approximate surface area is 165 Å². The van der Waals surface area contributed by atoms with Crippen LogP contribution in [0, 0.1) is 17.0 Å². The van der Waals surface area contributed by atoms with E-state index in [1.807, 2.05) is 0 Å². The molecule has 0 aliphatic carbocycles. The zero-order valence-electron chi connectivity index (χ0n) is 16.2. The fourth-order valence-corrected chi connectivity index (χ4v) is 2.77. The lowest BCUT2D eigenvalue weighted by molar-refractivity contribution is -0.384. The molecule has 0 saturated heterocycles. The first-order chi connectivity index (χ1) is 13.6. The van der Waals surface area contributed by atoms with E-state index in [2.05, 4.69) is 4.98 Å². The van der Waals surface area contributed by atoms with Gasteiger partial charge in [0.15, 0.2) is 0 Å². The van der Waals surface area contributed by atoms with E-state index in [9.17, 15) is 24.5 Å². The summed E-state index contributed by atoms with van der Waals surface area (Å²) in [6.07, 6.45) is -0.489. The number of rotatable bonds is 6. The molecule has 0 aliphatic heterocycles. The number of amides is 1. The molecule has 0 atom stereocenters. The first-order valence-corrected chi connectivity index (χ1v) is 8.47. The molecule has 0 unspecified atom stereocenters. The Morgan fingerprint density at radius 3 is 2.34 bits per heavy atom. The minimum atomic E-state index is -1.02. The number of methoxy groups -OCH3 is 1. The van der Waals surface area contributed by atoms with Crippen LogP contribution in [0.5, 0.6) is 0 Å². The number of nitro groups is 1. The maximum Gasteiger partial charge on any atom is 0.340 e. The number of carbonyl (C=O) groups excluding carboxylic acids is 3. The summed E-state index contributed by atoms with van der Waals surface area (Å²) in [5.74, 6) is -2.82. The van der Waals surface area contributed by atoms with Gasteiger partial charge in [-0.15, -0.1) is 0 Å². The van der Waals surface area contributed by atoms with Gasteiger partial charge >= 0.3 is 11.9 Å². The molecule has 0 radical (unpaired) electrons. The third-order valence-corrected chi connectivity index (χ3v) is 3.89. The molecule has 1 amide bonds. The normalized spacial score (nSPS) is 10.5. The van der Waals surface area contributed by atoms with Crippen LogP contribution in [-0.2, 0) is 9.47 Å². The highest BCUT2D eigenvalue weighted by Crippen LogP contribution is 2.34. The predicted octanol–water partition coefficient (Wildman–Crippen LogP) is 2.42. The lowest BCUT2D eigenvalue weighted by atomic mass is 9.91. The van der Waals surface area contributed by atoms with E-state index in [-0.39, 0.29) is 33.6 Å². The highest BCUT2D eigenvalue weighted by Gasteiger charge is 2.31. The Morgan fingerprint density at radius 2 is 1.83 bits per heavy atom. The number of non-ortho nitro benzene ring substituents is 1. The van der Waals surface area contributed by atoms with Gasteiger partial charge < -0.3 is 15.2 Å². The summed E-state index contributed by atoms with van der Waals surface area (Å²) in [7, 11) is 1.08. The second-order valence-electron chi connectivity index (χ2n) is 6.29. The van der Waals surface area contributed by atoms with E-state index >= 15 is 0 Å². The number of aryl methyl sites for hydroxylation is 1. The number of hydrogen-bond acceptors (Lipinski definition) is 8. The molecule has 1 aromatic carbocycles. The molecule has 10 heteroatoms. The Morgan fingerprint density at radius 1 is 1.17 bits per heavy atom. The first-order valence-electron chi connectivity index (χ1n) is 8.47. The molecular weight excluding hydrogens is 382 g/mol. The molecule has 2 rings (SSSR count). The fourth-order valence-electron chi connectivity index (χ4n) is 2.77. The lowest BCUT2D eigenvalue weighted by Crippen LogP contribution is -2.24. The summed E-state index contributed by atoms with van der Waals surface area (Å²) in [6, 6.07) is 5.24. The summed E-state index contributed by atoms with van der Waals surface area (Å²) in [6.45, 7) is 4.70. The highest BCUT2D eigenvalue weighted by atomic mass is 16.6. The van der Waals surface area contributed by atoms with Gasteiger partial charge in [-0.05, 0) is 26.3 Å². The Bertz CT molecular complexity index is 1020. The van der Waals surface area contributed by atoms with E-state index in [1.165, 1.54) is 25.1 Å². The Kier molecular flexibility index (Phi) is 6.27. The Balaban J connectivity index is 3.00. The average molecular weight is 401 g/mol. The fraction of sp³-hybridized carbons (Fsp3) is 0.263. The van der Waals surface area contributed by atoms with Crippen LogP contribution in [0.3, 0.4) is 0 Å². The third kappa shape index (κ3) is 4.37. The number of ether oxygens (including phenoxy) is 2. The molecule has 2 N–H and O–H groups in total. The highest BCUT2D eigenvalue weighted by molar-refractivity contribution is 6.12. The molecule has 10 nitrogen and oxygen atoms in total. The van der Waals surface area contributed by atoms with Crippen molar-refractivity contribution in [2.75, 3.05) is 7.11 Å². The van der Waals surface area contributed by atoms with Gasteiger partial charge in [-0.1, -0.05) is 12.1 Å². The van der Waals surface area contributed by atoms with Crippen LogP contribution in [0.15, 0.2) is 24.3 Å². The standard InChI is InChI=1S/C19H19N3O7/c1-9(2)29-19(25)13-10(3)21-16(17(20)23)15(18(24)28-4)14(13)11-6-5-7-12(8-11)22(26)27/h5-9H,1-4H3,(H2,20,23). The maximum absolute atomic E-state index is 12.8. The van der Waals surface area contributed by atoms with Gasteiger partial charge in [-0.25, -0.2) is 14.6 Å². The Hall–Kier alpha value is -3.82. The zero-order valence-corrected chi connectivity index (χ0v) is 16.2. The smallest absolute Gasteiger partial charge is 0.340 e. The second-order valence-corrected chi connectivity index (χ2v) is 6.29. The van der Waals surface area contributed by atoms with Crippen molar-refractivity contribution in [2.45, 2.75) is 26.9 Å². The van der Waals surface area contributed by atoms with Gasteiger partial charge in [0.1, 0.15) is 5.69 Å². The monoisotopic (exact) mass is 401 g/mol. The van der Waals surface area contributed by atoms with Crippen LogP contribution >= 0.6 is 0 Å². The number of nitro benzene ring substituents is 1. The molecule has 0 saturated carbocycles. The summed E-state index contributed by atoms with van der Waals surface area (Å²) in [4.78, 5) is 51.8. The number of carbonyl (C=O) groups is 3. The number of primary amides is 1. The molecule has 2 aromatic rings. The van der Waals surface area contributed by atoms with E-state index in [0.717, 1.165) is 13.2 Å². The molecule has 1 aromatic heterocycles. The van der Waals surface area contributed by atoms with Crippen molar-refractivity contribution < 1.29 is 28.8 Å². The van der Waals surface area contributed by atoms with Crippen LogP contribution in [0.4, 0.5) is 5.69 Å². The summed E-state index contributed by atoms with van der Waals surface area (Å²) in [5.41, 5.74) is 4.30. The predicted molar refractivity (Wildman–Crippen MR) is 101 cm³/mol. The van der Waals surface area contributed by atoms with Crippen molar-refractivity contribution in [3.8, 4) is 11.1 Å². The maximum atomic E-state index is 12.8. The molecular formula is C19H19N3O7. The van der Waals surface area contributed by atoms with E-state index < -0.39 is 34.6 Å². The molecule has 1 heterocycles. The van der Waals surface area contributed by atoms with Gasteiger partial charge in [0.05, 0.1) is 35.0 Å². The zero-order chi connectivity index (χ0) is 21.9. The van der Waals surface area contributed by atoms with Gasteiger partial charge in [0.2, 0.25) is 0 Å². The number of hydrogen-bond donors (Lipinski definition) is 1. The molecule has 0 bridgehead atoms. The van der Waals surface area contributed by atoms with Crippen molar-refractivity contribution in [3.05, 3.63) is 56.9 Å². The van der Waals surface area contributed by atoms with Crippen molar-refractivity contribution in [2.24, 2.45) is 5.73 Å². The second kappa shape index (κ2) is 8.46. The van der Waals surface area contributed by atoms with E-state index in [1.54, 1.807) is 13.8 Å². The van der Waals surface area contributed by atoms with Crippen LogP contribution in [0.25, 0.3) is 11.1 Å². The summed E-state index contributed by atoms with van der Waals surface area (Å²) < 4.78 is 9.99. The van der Waals surface area contributed by atoms with Gasteiger partial charge in [-0.2, -0.15) is 0 Å². The summed E-state index contributed by atoms with van der Waals surface area (Å²) >= 11 is 0.